The van der Waals surface area contributed by atoms with Crippen molar-refractivity contribution in [1.82, 2.24) is 10.2 Å². The highest BCUT2D eigenvalue weighted by atomic mass is 80.0. The van der Waals surface area contributed by atoms with Crippen LogP contribution in [0.1, 0.15) is 53.3 Å². The molecule has 5 aliphatic rings. The van der Waals surface area contributed by atoms with Crippen molar-refractivity contribution in [1.29, 1.82) is 0 Å². The Morgan fingerprint density at radius 1 is 0.372 bits per heavy atom. The van der Waals surface area contributed by atoms with Gasteiger partial charge in [0.05, 0.1) is 92.8 Å². The number of nitrogens with zero attached hydrogens (tertiary/aromatic N) is 6. The van der Waals surface area contributed by atoms with Gasteiger partial charge in [0.25, 0.3) is 5.56 Å². The Hall–Kier alpha value is -11.8. The summed E-state index contributed by atoms with van der Waals surface area (Å²) in [6, 6.07) is 63.8. The van der Waals surface area contributed by atoms with E-state index in [2.05, 4.69) is 92.0 Å². The van der Waals surface area contributed by atoms with E-state index in [0.717, 1.165) is 94.7 Å². The Morgan fingerprint density at radius 2 is 0.628 bits per heavy atom. The molecule has 0 spiro atoms. The molecule has 0 atom stereocenters. The molecule has 776 valence electrons. The van der Waals surface area contributed by atoms with Gasteiger partial charge in [-0.05, 0) is 196 Å². The van der Waals surface area contributed by atoms with Crippen LogP contribution in [0.3, 0.4) is 0 Å². The number of nitrogens with one attached hydrogen (secondary N) is 1. The van der Waals surface area contributed by atoms with Crippen molar-refractivity contribution in [3.05, 3.63) is 350 Å². The molecule has 11 aromatic rings. The van der Waals surface area contributed by atoms with Gasteiger partial charge in [-0.25, -0.2) is 46.1 Å². The second-order valence-electron chi connectivity index (χ2n) is 28.9. The molecule has 1 aromatic heterocycles. The van der Waals surface area contributed by atoms with Gasteiger partial charge in [-0.3, -0.25) is 53.7 Å². The molecule has 5 N–H and O–H groups in total. The summed E-state index contributed by atoms with van der Waals surface area (Å²) < 4.78 is 202. The number of halogens is 15. The third kappa shape index (κ3) is 38.0. The summed E-state index contributed by atoms with van der Waals surface area (Å²) in [5.74, 6) is -3.12. The monoisotopic (exact) mass is 2370 g/mol. The van der Waals surface area contributed by atoms with E-state index in [4.69, 9.17) is 23.0 Å². The van der Waals surface area contributed by atoms with E-state index in [1.54, 1.807) is 97.3 Å². The van der Waals surface area contributed by atoms with Gasteiger partial charge in [-0.1, -0.05) is 129 Å². The summed E-state index contributed by atoms with van der Waals surface area (Å²) in [7, 11) is -11.4. The molecule has 148 heavy (non-hydrogen) atoms. The number of benzene rings is 10. The maximum Gasteiger partial charge on any atom is 0.542 e. The number of allylic oxidation sites excluding steroid dienone is 5. The zero-order chi connectivity index (χ0) is 108. The summed E-state index contributed by atoms with van der Waals surface area (Å²) >= 11 is 14.6. The molecule has 0 unspecified atom stereocenters. The number of hydrogen-bond acceptors (Lipinski definition) is 31. The van der Waals surface area contributed by atoms with Crippen molar-refractivity contribution in [2.24, 2.45) is 25.0 Å². The average Bonchev–Trinajstić information content (AvgIpc) is 0.797. The number of aromatic nitrogens is 2. The molecule has 0 bridgehead atoms. The predicted octanol–water partition coefficient (Wildman–Crippen LogP) is 21.1. The first-order chi connectivity index (χ1) is 69.8. The van der Waals surface area contributed by atoms with Gasteiger partial charge in [0.15, 0.2) is 28.9 Å². The second kappa shape index (κ2) is 60.2. The smallest absolute Gasteiger partial charge is 0.506 e. The van der Waals surface area contributed by atoms with Crippen molar-refractivity contribution in [2.75, 3.05) is 60.3 Å². The van der Waals surface area contributed by atoms with Crippen LogP contribution in [-0.2, 0) is 75.5 Å². The minimum Gasteiger partial charge on any atom is -0.506 e. The summed E-state index contributed by atoms with van der Waals surface area (Å²) in [6.07, 6.45) is 11.1. The molecule has 51 heteroatoms. The molecular formula is C97H80AlBBr3F12N7O21S6. The van der Waals surface area contributed by atoms with E-state index in [-0.39, 0.29) is 132 Å². The normalized spacial score (nSPS) is 13.7. The third-order valence-electron chi connectivity index (χ3n) is 19.1. The lowest BCUT2D eigenvalue weighted by Gasteiger charge is -2.15. The van der Waals surface area contributed by atoms with Crippen LogP contribution in [0.15, 0.2) is 315 Å². The van der Waals surface area contributed by atoms with Gasteiger partial charge >= 0.3 is 47.0 Å². The molecule has 0 saturated carbocycles. The summed E-state index contributed by atoms with van der Waals surface area (Å²) in [4.78, 5) is 108. The number of rotatable bonds is 22. The van der Waals surface area contributed by atoms with Crippen LogP contribution < -0.4 is 11.0 Å². The number of hydrogen-bond donors (Lipinski definition) is 5. The average molecular weight is 2380 g/mol. The van der Waals surface area contributed by atoms with Crippen LogP contribution in [0.2, 0.25) is 0 Å². The maximum absolute atomic E-state index is 13.2. The van der Waals surface area contributed by atoms with E-state index in [9.17, 15) is 109 Å². The van der Waals surface area contributed by atoms with Gasteiger partial charge in [0.2, 0.25) is 0 Å². The molecule has 0 saturated heterocycles. The van der Waals surface area contributed by atoms with E-state index in [1.807, 2.05) is 102 Å². The molecule has 5 aliphatic heterocycles. The van der Waals surface area contributed by atoms with E-state index in [1.165, 1.54) is 131 Å². The van der Waals surface area contributed by atoms with Gasteiger partial charge in [-0.2, -0.15) is 103 Å². The van der Waals surface area contributed by atoms with Crippen LogP contribution in [-0.4, -0.2) is 194 Å². The third-order valence-corrected chi connectivity index (χ3v) is 24.4. The molecule has 0 aliphatic carbocycles. The Labute approximate surface area is 881 Å². The van der Waals surface area contributed by atoms with Crippen molar-refractivity contribution < 1.29 is 145 Å². The first-order valence-corrected chi connectivity index (χ1v) is 57.1. The highest BCUT2D eigenvalue weighted by Crippen LogP contribution is 2.38. The number of aliphatic hydroxyl groups is 2. The number of aliphatic hydroxyl groups excluding tert-OH is 2. The molecule has 10 aromatic carbocycles. The van der Waals surface area contributed by atoms with E-state index >= 15 is 0 Å². The number of alkyl halides is 6. The number of carbonyl (C=O) groups excluding carboxylic acids is 5. The molecule has 0 fully saturated rings. The van der Waals surface area contributed by atoms with Crippen molar-refractivity contribution >= 4 is 231 Å². The minimum absolute atomic E-state index is 0. The van der Waals surface area contributed by atoms with E-state index in [0.29, 0.717) is 61.1 Å². The summed E-state index contributed by atoms with van der Waals surface area (Å²) in [6.45, 7) is 2.27. The fourth-order valence-electron chi connectivity index (χ4n) is 12.6. The number of Topliss-reactive ketones (excluding diaryl/α,β-unsaturated/α-hetero) is 5. The quantitative estimate of drug-likeness (QED) is 0.00800. The zero-order valence-corrected chi connectivity index (χ0v) is 87.1. The first kappa shape index (κ1) is 123. The lowest BCUT2D eigenvalue weighted by molar-refractivity contribution is -0.160. The largest absolute Gasteiger partial charge is 0.542 e. The number of carbonyl (C=O) groups is 5. The lowest BCUT2D eigenvalue weighted by Crippen LogP contribution is -2.34. The fraction of sp³-hybridized carbons (Fsp3) is 0.134. The number of H-pyrrole nitrogens is 1. The molecule has 16 rings (SSSR count). The minimum atomic E-state index is -6.85. The van der Waals surface area contributed by atoms with Crippen molar-refractivity contribution in [3.63, 3.8) is 0 Å². The number of aromatic amines is 1. The standard InChI is InChI=1S/2C18H14FNO3S.C17H13FN2O3S.C12H10FNO.2C11H8FNO2.C7H9BO2S.C2F6O5S2.CH4.Al.3BrH/c2*1-22-23-24-15-8-4-12(5-9-15)16-10-20-11-17(21)18(16)13-2-6-14(19)7-3-13;1-22-23-24-14-8-4-11(5-9-14)15-10-19-20-17(21)16(15)12-2-6-13(18)7-3-12;1-8-6-14-7-11(15)12(8)9-2-4-10(13)5-3-9;2*12-8-3-1-7(2-4-8)11-9(14)5-13-6-10(11)15;1-11-7-4-2-6(3-5-7)8(9)10;3-1(4,5)14(9,10)13-15(11,12)2(6,7)8;;;;;/h2*2-10H,11H2,1H3;2-10H,1H3,(H,20,21);2-6H,7H2,1H3;2*1-5,14H,6H2;2-5,9-10H,1H3;;1H4;;3*1H/q;;;;;;;;;+3;;;/p-3. The highest BCUT2D eigenvalue weighted by molar-refractivity contribution is 9.69. The zero-order valence-electron chi connectivity index (χ0n) is 76.3. The molecule has 6 heterocycles. The van der Waals surface area contributed by atoms with Gasteiger partial charge in [0.1, 0.15) is 79.1 Å². The second-order valence-corrected chi connectivity index (χ2v) is 55.2. The van der Waals surface area contributed by atoms with Crippen molar-refractivity contribution in [2.45, 2.75) is 44.9 Å². The molecular weight excluding hydrogens is 2300 g/mol. The molecule has 28 nitrogen and oxygen atoms in total. The first-order valence-electron chi connectivity index (χ1n) is 41.3. The Balaban J connectivity index is 0.000000230. The Morgan fingerprint density at radius 3 is 0.912 bits per heavy atom. The lowest BCUT2D eigenvalue weighted by atomic mass is 9.81. The number of ketones is 5. The van der Waals surface area contributed by atoms with Gasteiger partial charge in [0, 0.05) is 71.7 Å². The van der Waals surface area contributed by atoms with Crippen LogP contribution in [0.25, 0.3) is 61.3 Å². The number of thioether (sulfide) groups is 1. The molecule has 0 amide bonds. The number of dihydropyridines is 5. The topological polar surface area (TPSA) is 407 Å². The SMILES string of the molecule is C.CC1=C(c2ccc(F)cc2)C(=O)CN=C1.COOSc1ccc(-c2cn[nH]c(=O)c2-c2ccc(F)cc2)cc1.COOSc1ccc(C2=C(c3ccc(F)cc3)C(=O)CN=C2)cc1.COOSc1ccc(C2=C(c3ccc(F)cc3)C(=O)CN=C2)cc1.CSc1ccc(B(O)O)cc1.O=C1CN=CC(O)=C1c1ccc(F)cc1.O=C1CN=CC(O)=C1c1ccc(F)cc1.O=S(=O)(OS(=O)(=O)C(F)(F)F)C(F)(F)F.[Br][Al]([Br])[Br]. The fourth-order valence-corrected chi connectivity index (χ4v) is 15.8. The van der Waals surface area contributed by atoms with Crippen LogP contribution in [0, 0.1) is 34.9 Å². The van der Waals surface area contributed by atoms with Crippen LogP contribution in [0.5, 0.6) is 0 Å². The van der Waals surface area contributed by atoms with Crippen LogP contribution >= 0.6 is 90.0 Å². The summed E-state index contributed by atoms with van der Waals surface area (Å²) in [5, 5.41) is 42.7. The van der Waals surface area contributed by atoms with Gasteiger partial charge in [-0.15, -0.1) is 15.4 Å². The number of aliphatic imine (C=N–C) groups is 5. The summed E-state index contributed by atoms with van der Waals surface area (Å²) in [5.41, 5.74) is -0.508. The van der Waals surface area contributed by atoms with E-state index < -0.39 is 47.0 Å². The van der Waals surface area contributed by atoms with Crippen LogP contribution in [0.4, 0.5) is 52.7 Å². The Bertz CT molecular complexity index is 6670. The predicted molar refractivity (Wildman–Crippen MR) is 558 cm³/mol. The van der Waals surface area contributed by atoms with Crippen molar-refractivity contribution in [3.8, 4) is 22.3 Å². The maximum atomic E-state index is 13.2. The highest BCUT2D eigenvalue weighted by Gasteiger charge is 2.57. The van der Waals surface area contributed by atoms with Gasteiger partial charge < -0.3 is 20.3 Å². The molecule has 0 radical (unpaired) electrons. The Kier molecular flexibility index (Phi) is 50.1.